The lowest BCUT2D eigenvalue weighted by Gasteiger charge is -2.15. The lowest BCUT2D eigenvalue weighted by Crippen LogP contribution is -2.21. The van der Waals surface area contributed by atoms with Crippen LogP contribution in [0.25, 0.3) is 11.0 Å². The summed E-state index contributed by atoms with van der Waals surface area (Å²) in [5.74, 6) is 0.231. The number of hydrogen-bond acceptors (Lipinski definition) is 3. The molecule has 0 spiro atoms. The number of nitrogens with zero attached hydrogens (tertiary/aromatic N) is 3. The molecule has 0 saturated carbocycles. The maximum atomic E-state index is 10.5. The maximum absolute atomic E-state index is 10.5. The van der Waals surface area contributed by atoms with Crippen molar-refractivity contribution in [1.82, 2.24) is 14.5 Å². The highest BCUT2D eigenvalue weighted by Gasteiger charge is 2.07. The Kier molecular flexibility index (Phi) is 3.85. The molecule has 0 bridgehead atoms. The van der Waals surface area contributed by atoms with E-state index in [9.17, 15) is 4.79 Å². The predicted molar refractivity (Wildman–Crippen MR) is 74.0 cm³/mol. The number of carboxylic acids is 1. The fourth-order valence-electron chi connectivity index (χ4n) is 2.14. The van der Waals surface area contributed by atoms with Crippen LogP contribution in [0.1, 0.15) is 17.8 Å². The van der Waals surface area contributed by atoms with E-state index in [0.717, 1.165) is 29.0 Å². The van der Waals surface area contributed by atoms with Crippen LogP contribution in [0, 0.1) is 6.92 Å². The number of imidazole rings is 1. The van der Waals surface area contributed by atoms with Crippen molar-refractivity contribution in [2.45, 2.75) is 19.9 Å². The Morgan fingerprint density at radius 1 is 1.47 bits per heavy atom. The van der Waals surface area contributed by atoms with E-state index < -0.39 is 5.97 Å². The van der Waals surface area contributed by atoms with E-state index in [0.29, 0.717) is 6.54 Å². The molecule has 0 unspecified atom stereocenters. The minimum Gasteiger partial charge on any atom is -0.481 e. The fraction of sp³-hybridized carbons (Fsp3) is 0.429. The Labute approximate surface area is 112 Å². The van der Waals surface area contributed by atoms with Crippen LogP contribution < -0.4 is 0 Å². The quantitative estimate of drug-likeness (QED) is 0.891. The molecule has 5 nitrogen and oxygen atoms in total. The van der Waals surface area contributed by atoms with E-state index in [4.69, 9.17) is 5.11 Å². The van der Waals surface area contributed by atoms with Crippen LogP contribution in [0.2, 0.25) is 0 Å². The largest absolute Gasteiger partial charge is 0.481 e. The molecule has 2 rings (SSSR count). The molecule has 19 heavy (non-hydrogen) atoms. The number of aromatic nitrogens is 2. The van der Waals surface area contributed by atoms with Crippen LogP contribution in [0.3, 0.4) is 0 Å². The van der Waals surface area contributed by atoms with Gasteiger partial charge in [-0.15, -0.1) is 0 Å². The van der Waals surface area contributed by atoms with Crippen LogP contribution in [-0.2, 0) is 18.4 Å². The molecule has 0 aliphatic carbocycles. The van der Waals surface area contributed by atoms with E-state index in [1.807, 2.05) is 25.9 Å². The monoisotopic (exact) mass is 261 g/mol. The number of benzene rings is 1. The highest BCUT2D eigenvalue weighted by Crippen LogP contribution is 2.17. The second kappa shape index (κ2) is 5.40. The van der Waals surface area contributed by atoms with Crippen molar-refractivity contribution in [3.8, 4) is 0 Å². The van der Waals surface area contributed by atoms with Crippen molar-refractivity contribution in [2.75, 3.05) is 13.6 Å². The van der Waals surface area contributed by atoms with E-state index in [1.54, 1.807) is 0 Å². The number of hydrogen-bond donors (Lipinski definition) is 1. The van der Waals surface area contributed by atoms with Crippen molar-refractivity contribution >= 4 is 17.0 Å². The Morgan fingerprint density at radius 3 is 2.89 bits per heavy atom. The van der Waals surface area contributed by atoms with Crippen molar-refractivity contribution in [1.29, 1.82) is 0 Å². The smallest absolute Gasteiger partial charge is 0.304 e. The molecule has 0 saturated heterocycles. The van der Waals surface area contributed by atoms with E-state index in [-0.39, 0.29) is 6.42 Å². The zero-order valence-corrected chi connectivity index (χ0v) is 11.6. The molecular formula is C14H19N3O2. The van der Waals surface area contributed by atoms with Gasteiger partial charge in [0.05, 0.1) is 17.5 Å². The summed E-state index contributed by atoms with van der Waals surface area (Å²) < 4.78 is 2.06. The fourth-order valence-corrected chi connectivity index (χ4v) is 2.14. The molecular weight excluding hydrogens is 242 g/mol. The Morgan fingerprint density at radius 2 is 2.21 bits per heavy atom. The summed E-state index contributed by atoms with van der Waals surface area (Å²) in [4.78, 5) is 17.0. The van der Waals surface area contributed by atoms with Crippen LogP contribution in [0.15, 0.2) is 18.2 Å². The molecule has 1 aromatic heterocycles. The first-order valence-electron chi connectivity index (χ1n) is 6.29. The Hall–Kier alpha value is -1.88. The van der Waals surface area contributed by atoms with Crippen LogP contribution in [-0.4, -0.2) is 39.1 Å². The zero-order chi connectivity index (χ0) is 14.0. The van der Waals surface area contributed by atoms with Crippen molar-refractivity contribution in [3.05, 3.63) is 29.6 Å². The maximum Gasteiger partial charge on any atom is 0.304 e. The van der Waals surface area contributed by atoms with Crippen LogP contribution in [0.5, 0.6) is 0 Å². The topological polar surface area (TPSA) is 58.4 Å². The second-order valence-corrected chi connectivity index (χ2v) is 4.92. The van der Waals surface area contributed by atoms with Gasteiger partial charge in [-0.25, -0.2) is 4.98 Å². The third kappa shape index (κ3) is 3.12. The van der Waals surface area contributed by atoms with Gasteiger partial charge in [0, 0.05) is 20.1 Å². The van der Waals surface area contributed by atoms with Gasteiger partial charge in [0.2, 0.25) is 0 Å². The average molecular weight is 261 g/mol. The normalized spacial score (nSPS) is 11.4. The first kappa shape index (κ1) is 13.5. The van der Waals surface area contributed by atoms with Gasteiger partial charge >= 0.3 is 5.97 Å². The standard InChI is InChI=1S/C14H19N3O2/c1-10-15-12-8-11(4-5-13(12)17(10)3)9-16(2)7-6-14(18)19/h4-5,8H,6-7,9H2,1-3H3,(H,18,19). The number of carbonyl (C=O) groups is 1. The molecule has 0 atom stereocenters. The van der Waals surface area contributed by atoms with Gasteiger partial charge in [-0.05, 0) is 31.7 Å². The molecule has 0 aliphatic heterocycles. The lowest BCUT2D eigenvalue weighted by molar-refractivity contribution is -0.137. The second-order valence-electron chi connectivity index (χ2n) is 4.92. The van der Waals surface area contributed by atoms with Gasteiger partial charge in [0.1, 0.15) is 5.82 Å². The average Bonchev–Trinajstić information content (AvgIpc) is 2.62. The summed E-state index contributed by atoms with van der Waals surface area (Å²) >= 11 is 0. The number of rotatable bonds is 5. The van der Waals surface area contributed by atoms with Crippen LogP contribution >= 0.6 is 0 Å². The van der Waals surface area contributed by atoms with Crippen molar-refractivity contribution in [2.24, 2.45) is 7.05 Å². The van der Waals surface area contributed by atoms with E-state index in [1.165, 1.54) is 0 Å². The molecule has 102 valence electrons. The molecule has 0 fully saturated rings. The first-order valence-corrected chi connectivity index (χ1v) is 6.29. The van der Waals surface area contributed by atoms with Crippen molar-refractivity contribution in [3.63, 3.8) is 0 Å². The summed E-state index contributed by atoms with van der Waals surface area (Å²) in [6.45, 7) is 3.27. The van der Waals surface area contributed by atoms with E-state index in [2.05, 4.69) is 27.8 Å². The number of fused-ring (bicyclic) bond motifs is 1. The van der Waals surface area contributed by atoms with E-state index >= 15 is 0 Å². The number of aryl methyl sites for hydroxylation is 2. The SMILES string of the molecule is Cc1nc2cc(CN(C)CCC(=O)O)ccc2n1C. The highest BCUT2D eigenvalue weighted by atomic mass is 16.4. The first-order chi connectivity index (χ1) is 8.97. The minimum absolute atomic E-state index is 0.168. The molecule has 1 heterocycles. The minimum atomic E-state index is -0.761. The summed E-state index contributed by atoms with van der Waals surface area (Å²) in [6, 6.07) is 6.20. The Balaban J connectivity index is 2.11. The third-order valence-corrected chi connectivity index (χ3v) is 3.33. The summed E-state index contributed by atoms with van der Waals surface area (Å²) in [5, 5.41) is 8.66. The van der Waals surface area contributed by atoms with Gasteiger partial charge in [-0.1, -0.05) is 6.07 Å². The molecule has 5 heteroatoms. The zero-order valence-electron chi connectivity index (χ0n) is 11.6. The van der Waals surface area contributed by atoms with Gasteiger partial charge in [0.15, 0.2) is 0 Å². The summed E-state index contributed by atoms with van der Waals surface area (Å²) in [5.41, 5.74) is 3.26. The van der Waals surface area contributed by atoms with Gasteiger partial charge in [-0.2, -0.15) is 0 Å². The molecule has 1 aromatic carbocycles. The highest BCUT2D eigenvalue weighted by molar-refractivity contribution is 5.76. The molecule has 0 radical (unpaired) electrons. The third-order valence-electron chi connectivity index (χ3n) is 3.33. The number of aliphatic carboxylic acids is 1. The van der Waals surface area contributed by atoms with Gasteiger partial charge < -0.3 is 14.6 Å². The molecule has 0 aliphatic rings. The van der Waals surface area contributed by atoms with Crippen molar-refractivity contribution < 1.29 is 9.90 Å². The summed E-state index contributed by atoms with van der Waals surface area (Å²) in [7, 11) is 3.93. The lowest BCUT2D eigenvalue weighted by atomic mass is 10.2. The summed E-state index contributed by atoms with van der Waals surface area (Å²) in [6.07, 6.45) is 0.168. The van der Waals surface area contributed by atoms with Gasteiger partial charge in [0.25, 0.3) is 0 Å². The molecule has 1 N–H and O–H groups in total. The molecule has 2 aromatic rings. The Bertz CT molecular complexity index is 604. The predicted octanol–water partition coefficient (Wildman–Crippen LogP) is 1.79. The van der Waals surface area contributed by atoms with Crippen LogP contribution in [0.4, 0.5) is 0 Å². The van der Waals surface area contributed by atoms with Gasteiger partial charge in [-0.3, -0.25) is 4.79 Å². The molecule has 0 amide bonds. The number of carboxylic acid groups (broad SMARTS) is 1.